The van der Waals surface area contributed by atoms with E-state index in [1.165, 1.54) is 17.4 Å². The molecule has 4 rings (SSSR count). The van der Waals surface area contributed by atoms with E-state index in [1.807, 2.05) is 56.3 Å². The van der Waals surface area contributed by atoms with Crippen LogP contribution in [-0.2, 0) is 11.3 Å². The maximum atomic E-state index is 12.8. The summed E-state index contributed by atoms with van der Waals surface area (Å²) in [6, 6.07) is 13.8. The van der Waals surface area contributed by atoms with E-state index in [9.17, 15) is 9.59 Å². The van der Waals surface area contributed by atoms with Crippen LogP contribution in [0.5, 0.6) is 0 Å². The van der Waals surface area contributed by atoms with Crippen LogP contribution in [0.4, 0.5) is 11.5 Å². The van der Waals surface area contributed by atoms with Gasteiger partial charge < -0.3 is 10.6 Å². The fraction of sp³-hybridized carbons (Fsp3) is 0.348. The van der Waals surface area contributed by atoms with Crippen molar-refractivity contribution in [3.63, 3.8) is 0 Å². The number of amides is 1. The summed E-state index contributed by atoms with van der Waals surface area (Å²) in [5.74, 6) is 0.365. The first kappa shape index (κ1) is 19.2. The van der Waals surface area contributed by atoms with Crippen LogP contribution in [-0.4, -0.2) is 21.5 Å². The number of hydrogen-bond donors (Lipinski definition) is 2. The third-order valence-corrected chi connectivity index (χ3v) is 5.39. The molecule has 6 heteroatoms. The largest absolute Gasteiger partial charge is 0.367 e. The van der Waals surface area contributed by atoms with Crippen LogP contribution >= 0.6 is 0 Å². The predicted octanol–water partition coefficient (Wildman–Crippen LogP) is 4.01. The van der Waals surface area contributed by atoms with E-state index in [0.29, 0.717) is 17.4 Å². The van der Waals surface area contributed by atoms with Gasteiger partial charge in [0.05, 0.1) is 5.52 Å². The number of para-hydroxylation sites is 1. The van der Waals surface area contributed by atoms with E-state index in [1.54, 1.807) is 0 Å². The molecule has 6 nitrogen and oxygen atoms in total. The summed E-state index contributed by atoms with van der Waals surface area (Å²) in [5, 5.41) is 7.19. The smallest absolute Gasteiger partial charge is 0.350 e. The quantitative estimate of drug-likeness (QED) is 0.690. The topological polar surface area (TPSA) is 76.0 Å². The summed E-state index contributed by atoms with van der Waals surface area (Å²) in [6.07, 6.45) is 4.59. The Morgan fingerprint density at radius 1 is 1.10 bits per heavy atom. The minimum absolute atomic E-state index is 0.0803. The molecule has 3 aromatic rings. The molecule has 0 atom stereocenters. The number of anilines is 2. The zero-order valence-electron chi connectivity index (χ0n) is 16.9. The second-order valence-electron chi connectivity index (χ2n) is 7.90. The first-order valence-electron chi connectivity index (χ1n) is 10.1. The molecule has 0 unspecified atom stereocenters. The van der Waals surface area contributed by atoms with Crippen LogP contribution in [0.3, 0.4) is 0 Å². The van der Waals surface area contributed by atoms with Gasteiger partial charge in [0.15, 0.2) is 0 Å². The number of nitrogens with one attached hydrogen (secondary N) is 2. The van der Waals surface area contributed by atoms with Gasteiger partial charge in [-0.2, -0.15) is 4.98 Å². The Kier molecular flexibility index (Phi) is 5.34. The van der Waals surface area contributed by atoms with Crippen LogP contribution in [0.1, 0.15) is 36.8 Å². The zero-order valence-corrected chi connectivity index (χ0v) is 16.9. The first-order valence-corrected chi connectivity index (χ1v) is 10.1. The summed E-state index contributed by atoms with van der Waals surface area (Å²) in [7, 11) is 0. The monoisotopic (exact) mass is 390 g/mol. The van der Waals surface area contributed by atoms with Crippen LogP contribution < -0.4 is 16.3 Å². The summed E-state index contributed by atoms with van der Waals surface area (Å²) in [6.45, 7) is 3.89. The van der Waals surface area contributed by atoms with Crippen molar-refractivity contribution in [3.05, 3.63) is 64.1 Å². The summed E-state index contributed by atoms with van der Waals surface area (Å²) >= 11 is 0. The number of carbonyl (C=O) groups excluding carboxylic acids is 1. The van der Waals surface area contributed by atoms with Gasteiger partial charge in [-0.3, -0.25) is 9.36 Å². The van der Waals surface area contributed by atoms with Gasteiger partial charge in [-0.1, -0.05) is 31.0 Å². The molecular formula is C23H26N4O2. The van der Waals surface area contributed by atoms with Crippen molar-refractivity contribution in [3.8, 4) is 0 Å². The predicted molar refractivity (Wildman–Crippen MR) is 116 cm³/mol. The molecule has 1 aromatic heterocycles. The molecule has 0 bridgehead atoms. The number of rotatable bonds is 5. The van der Waals surface area contributed by atoms with Crippen molar-refractivity contribution >= 4 is 28.3 Å². The van der Waals surface area contributed by atoms with E-state index in [0.717, 1.165) is 35.0 Å². The number of nitrogens with zero attached hydrogens (tertiary/aromatic N) is 2. The molecule has 1 fully saturated rings. The summed E-state index contributed by atoms with van der Waals surface area (Å²) in [4.78, 5) is 29.7. The minimum atomic E-state index is -0.417. The van der Waals surface area contributed by atoms with E-state index >= 15 is 0 Å². The van der Waals surface area contributed by atoms with Gasteiger partial charge >= 0.3 is 5.69 Å². The molecule has 1 aliphatic carbocycles. The van der Waals surface area contributed by atoms with Gasteiger partial charge in [0.1, 0.15) is 12.4 Å². The van der Waals surface area contributed by atoms with E-state index in [2.05, 4.69) is 15.6 Å². The maximum absolute atomic E-state index is 12.8. The Morgan fingerprint density at radius 2 is 1.79 bits per heavy atom. The number of fused-ring (bicyclic) bond motifs is 1. The molecule has 0 spiro atoms. The number of benzene rings is 2. The molecule has 2 N–H and O–H groups in total. The van der Waals surface area contributed by atoms with Crippen molar-refractivity contribution in [2.45, 2.75) is 52.1 Å². The van der Waals surface area contributed by atoms with Crippen molar-refractivity contribution in [1.82, 2.24) is 9.55 Å². The summed E-state index contributed by atoms with van der Waals surface area (Å²) < 4.78 is 1.44. The van der Waals surface area contributed by atoms with Crippen LogP contribution in [0.15, 0.2) is 47.3 Å². The van der Waals surface area contributed by atoms with Crippen molar-refractivity contribution in [1.29, 1.82) is 0 Å². The Bertz CT molecular complexity index is 1090. The number of carbonyl (C=O) groups is 1. The Hall–Kier alpha value is -3.15. The molecule has 1 saturated carbocycles. The molecule has 0 aliphatic heterocycles. The van der Waals surface area contributed by atoms with Gasteiger partial charge in [-0.05, 0) is 62.1 Å². The molecule has 0 saturated heterocycles. The van der Waals surface area contributed by atoms with E-state index in [-0.39, 0.29) is 12.5 Å². The lowest BCUT2D eigenvalue weighted by molar-refractivity contribution is -0.116. The highest BCUT2D eigenvalue weighted by Gasteiger charge is 2.18. The second-order valence-corrected chi connectivity index (χ2v) is 7.90. The lowest BCUT2D eigenvalue weighted by atomic mass is 10.1. The number of hydrogen-bond acceptors (Lipinski definition) is 4. The molecular weight excluding hydrogens is 364 g/mol. The molecule has 2 aromatic carbocycles. The van der Waals surface area contributed by atoms with Gasteiger partial charge in [0.25, 0.3) is 0 Å². The van der Waals surface area contributed by atoms with Crippen LogP contribution in [0, 0.1) is 13.8 Å². The lowest BCUT2D eigenvalue weighted by Gasteiger charge is -2.17. The first-order chi connectivity index (χ1) is 14.0. The third kappa shape index (κ3) is 4.31. The Morgan fingerprint density at radius 3 is 2.52 bits per heavy atom. The zero-order chi connectivity index (χ0) is 20.4. The molecule has 29 heavy (non-hydrogen) atoms. The van der Waals surface area contributed by atoms with E-state index in [4.69, 9.17) is 0 Å². The van der Waals surface area contributed by atoms with Gasteiger partial charge in [-0.15, -0.1) is 0 Å². The van der Waals surface area contributed by atoms with Gasteiger partial charge in [0, 0.05) is 17.1 Å². The molecule has 1 heterocycles. The Balaban J connectivity index is 1.62. The average Bonchev–Trinajstić information content (AvgIpc) is 3.17. The SMILES string of the molecule is Cc1cc(C)cc(NC(=O)Cn2c(=O)nc(NC3CCCC3)c3ccccc32)c1. The number of aromatic nitrogens is 2. The molecule has 1 aliphatic rings. The van der Waals surface area contributed by atoms with Crippen molar-refractivity contribution in [2.24, 2.45) is 0 Å². The Labute approximate surface area is 170 Å². The normalized spacial score (nSPS) is 14.3. The van der Waals surface area contributed by atoms with Crippen LogP contribution in [0.2, 0.25) is 0 Å². The molecule has 0 radical (unpaired) electrons. The van der Waals surface area contributed by atoms with Crippen molar-refractivity contribution < 1.29 is 4.79 Å². The minimum Gasteiger partial charge on any atom is -0.367 e. The standard InChI is InChI=1S/C23H26N4O2/c1-15-11-16(2)13-18(12-15)24-21(28)14-27-20-10-6-5-9-19(20)22(26-23(27)29)25-17-7-3-4-8-17/h5-6,9-13,17H,3-4,7-8,14H2,1-2H3,(H,24,28)(H,25,26,29). The fourth-order valence-electron chi connectivity index (χ4n) is 4.15. The van der Waals surface area contributed by atoms with Gasteiger partial charge in [0.2, 0.25) is 5.91 Å². The second kappa shape index (κ2) is 8.07. The average molecular weight is 390 g/mol. The van der Waals surface area contributed by atoms with Gasteiger partial charge in [-0.25, -0.2) is 4.79 Å². The fourth-order valence-corrected chi connectivity index (χ4v) is 4.15. The lowest BCUT2D eigenvalue weighted by Crippen LogP contribution is -2.31. The highest BCUT2D eigenvalue weighted by Crippen LogP contribution is 2.25. The molecule has 1 amide bonds. The highest BCUT2D eigenvalue weighted by molar-refractivity contribution is 5.93. The van der Waals surface area contributed by atoms with Crippen LogP contribution in [0.25, 0.3) is 10.9 Å². The highest BCUT2D eigenvalue weighted by atomic mass is 16.2. The summed E-state index contributed by atoms with van der Waals surface area (Å²) in [5.41, 5.74) is 3.18. The van der Waals surface area contributed by atoms with Crippen molar-refractivity contribution in [2.75, 3.05) is 10.6 Å². The number of aryl methyl sites for hydroxylation is 2. The maximum Gasteiger partial charge on any atom is 0.350 e. The van der Waals surface area contributed by atoms with E-state index < -0.39 is 5.69 Å². The molecule has 150 valence electrons. The third-order valence-electron chi connectivity index (χ3n) is 5.39.